The summed E-state index contributed by atoms with van der Waals surface area (Å²) in [5.41, 5.74) is 3.24. The number of alkyl halides is 3. The van der Waals surface area contributed by atoms with E-state index in [1.165, 1.54) is 25.3 Å². The van der Waals surface area contributed by atoms with Crippen molar-refractivity contribution < 1.29 is 41.2 Å². The molecule has 0 bridgehead atoms. The van der Waals surface area contributed by atoms with Crippen LogP contribution in [-0.2, 0) is 35.6 Å². The van der Waals surface area contributed by atoms with Gasteiger partial charge in [-0.05, 0) is 43.2 Å². The van der Waals surface area contributed by atoms with E-state index in [-0.39, 0.29) is 49.9 Å². The van der Waals surface area contributed by atoms with E-state index in [1.54, 1.807) is 45.2 Å². The van der Waals surface area contributed by atoms with Crippen molar-refractivity contribution in [1.29, 1.82) is 0 Å². The first-order chi connectivity index (χ1) is 19.9. The Bertz CT molecular complexity index is 1360. The molecule has 3 rings (SSSR count). The van der Waals surface area contributed by atoms with Gasteiger partial charge in [0.05, 0.1) is 39.3 Å². The Morgan fingerprint density at radius 1 is 1.17 bits per heavy atom. The van der Waals surface area contributed by atoms with Gasteiger partial charge in [-0.25, -0.2) is 4.98 Å². The Balaban J connectivity index is 1.88. The summed E-state index contributed by atoms with van der Waals surface area (Å²) in [6.07, 6.45) is -1.03. The van der Waals surface area contributed by atoms with Crippen LogP contribution in [0.25, 0.3) is 0 Å². The van der Waals surface area contributed by atoms with Crippen molar-refractivity contribution in [3.8, 4) is 5.75 Å². The van der Waals surface area contributed by atoms with Crippen LogP contribution in [-0.4, -0.2) is 68.3 Å². The number of anilines is 3. The monoisotopic (exact) mass is 614 g/mol. The van der Waals surface area contributed by atoms with Gasteiger partial charge in [-0.3, -0.25) is 19.7 Å². The van der Waals surface area contributed by atoms with Gasteiger partial charge in [-0.2, -0.15) is 18.2 Å². The Kier molecular flexibility index (Phi) is 11.3. The molecule has 1 aromatic heterocycles. The quantitative estimate of drug-likeness (QED) is 0.187. The van der Waals surface area contributed by atoms with E-state index in [0.717, 1.165) is 0 Å². The maximum Gasteiger partial charge on any atom is 0.421 e. The van der Waals surface area contributed by atoms with Gasteiger partial charge in [-0.1, -0.05) is 6.07 Å². The fourth-order valence-electron chi connectivity index (χ4n) is 4.10. The second kappa shape index (κ2) is 14.5. The molecular weight excluding hydrogens is 580 g/mol. The molecule has 2 aromatic rings. The van der Waals surface area contributed by atoms with Gasteiger partial charge in [-0.15, -0.1) is 0 Å². The highest BCUT2D eigenvalue weighted by molar-refractivity contribution is 7.53. The molecule has 0 spiro atoms. The van der Waals surface area contributed by atoms with E-state index in [0.29, 0.717) is 28.8 Å². The first-order valence-corrected chi connectivity index (χ1v) is 14.6. The van der Waals surface area contributed by atoms with E-state index in [9.17, 15) is 22.5 Å². The number of amides is 1. The maximum absolute atomic E-state index is 13.8. The standard InChI is InChI=1S/C26H34F3N6O6P/c1-6-40-42(37,41-7-2)16-17-8-9-21(22(12-17)38-4)33-25-31-14-20(26(27,28)29)23(34-25)30-13-19-18(10-11-32-39-5)15-35(3)24(19)36/h8-12,14,32H,6-7,13,15-16H2,1-5H3,(H2,30,31,33,34)/b11-10-. The average Bonchev–Trinajstić information content (AvgIpc) is 3.20. The number of nitrogens with zero attached hydrogens (tertiary/aromatic N) is 3. The van der Waals surface area contributed by atoms with Crippen LogP contribution < -0.4 is 20.9 Å². The highest BCUT2D eigenvalue weighted by atomic mass is 31.2. The number of aromatic nitrogens is 2. The number of benzene rings is 1. The second-order valence-corrected chi connectivity index (χ2v) is 10.9. The molecule has 1 aliphatic heterocycles. The van der Waals surface area contributed by atoms with Crippen LogP contribution in [0.4, 0.5) is 30.6 Å². The summed E-state index contributed by atoms with van der Waals surface area (Å²) >= 11 is 0. The zero-order valence-electron chi connectivity index (χ0n) is 23.9. The molecule has 0 atom stereocenters. The summed E-state index contributed by atoms with van der Waals surface area (Å²) in [6.45, 7) is 3.91. The molecule has 1 amide bonds. The summed E-state index contributed by atoms with van der Waals surface area (Å²) in [7, 11) is 1.04. The summed E-state index contributed by atoms with van der Waals surface area (Å²) in [6, 6.07) is 4.86. The minimum Gasteiger partial charge on any atom is -0.495 e. The zero-order valence-corrected chi connectivity index (χ0v) is 24.8. The Hall–Kier alpha value is -3.65. The average molecular weight is 615 g/mol. The number of likely N-dealkylation sites (N-methyl/N-ethyl adjacent to an activating group) is 1. The summed E-state index contributed by atoms with van der Waals surface area (Å²) in [4.78, 5) is 26.7. The van der Waals surface area contributed by atoms with E-state index in [1.807, 2.05) is 0 Å². The zero-order chi connectivity index (χ0) is 30.9. The molecule has 1 aromatic carbocycles. The Morgan fingerprint density at radius 2 is 1.88 bits per heavy atom. The number of methoxy groups -OCH3 is 1. The molecular formula is C26H34F3N6O6P. The fourth-order valence-corrected chi connectivity index (χ4v) is 5.78. The van der Waals surface area contributed by atoms with Crippen LogP contribution in [0.1, 0.15) is 25.0 Å². The minimum atomic E-state index is -4.76. The van der Waals surface area contributed by atoms with Gasteiger partial charge in [0.2, 0.25) is 5.95 Å². The van der Waals surface area contributed by atoms with Crippen molar-refractivity contribution in [1.82, 2.24) is 20.3 Å². The molecule has 230 valence electrons. The molecule has 2 heterocycles. The number of hydroxylamine groups is 1. The largest absolute Gasteiger partial charge is 0.495 e. The molecule has 16 heteroatoms. The molecule has 12 nitrogen and oxygen atoms in total. The van der Waals surface area contributed by atoms with E-state index in [4.69, 9.17) is 18.6 Å². The summed E-state index contributed by atoms with van der Waals surface area (Å²) < 4.78 is 70.5. The van der Waals surface area contributed by atoms with Crippen molar-refractivity contribution >= 4 is 31.0 Å². The van der Waals surface area contributed by atoms with Crippen molar-refractivity contribution in [2.24, 2.45) is 0 Å². The lowest BCUT2D eigenvalue weighted by Gasteiger charge is -2.18. The van der Waals surface area contributed by atoms with Crippen molar-refractivity contribution in [2.75, 3.05) is 58.2 Å². The van der Waals surface area contributed by atoms with Gasteiger partial charge in [0.25, 0.3) is 5.91 Å². The number of nitrogens with one attached hydrogen (secondary N) is 3. The summed E-state index contributed by atoms with van der Waals surface area (Å²) in [5, 5.41) is 5.52. The third-order valence-corrected chi connectivity index (χ3v) is 7.99. The predicted octanol–water partition coefficient (Wildman–Crippen LogP) is 4.86. The molecule has 3 N–H and O–H groups in total. The molecule has 0 saturated carbocycles. The number of carbonyl (C=O) groups is 1. The molecule has 1 aliphatic rings. The number of hydrogen-bond acceptors (Lipinski definition) is 11. The first kappa shape index (κ1) is 32.9. The SMILES string of the molecule is CCOP(=O)(Cc1ccc(Nc2ncc(C(F)(F)F)c(NCC3=C(/C=C\NOC)CN(C)C3=O)n2)c(OC)c1)OCC. The van der Waals surface area contributed by atoms with Gasteiger partial charge >= 0.3 is 13.8 Å². The van der Waals surface area contributed by atoms with Crippen molar-refractivity contribution in [2.45, 2.75) is 26.2 Å². The van der Waals surface area contributed by atoms with Crippen LogP contribution in [0.2, 0.25) is 0 Å². The fraction of sp³-hybridized carbons (Fsp3) is 0.423. The van der Waals surface area contributed by atoms with Crippen LogP contribution in [0, 0.1) is 0 Å². The Morgan fingerprint density at radius 3 is 2.50 bits per heavy atom. The topological polar surface area (TPSA) is 136 Å². The smallest absolute Gasteiger partial charge is 0.421 e. The molecule has 0 aliphatic carbocycles. The van der Waals surface area contributed by atoms with Gasteiger partial charge in [0.15, 0.2) is 0 Å². The third-order valence-electron chi connectivity index (χ3n) is 5.94. The molecule has 0 radical (unpaired) electrons. The van der Waals surface area contributed by atoms with Gasteiger partial charge in [0.1, 0.15) is 17.1 Å². The first-order valence-electron chi connectivity index (χ1n) is 12.9. The van der Waals surface area contributed by atoms with Crippen LogP contribution >= 0.6 is 7.60 Å². The van der Waals surface area contributed by atoms with Crippen LogP contribution in [0.5, 0.6) is 5.75 Å². The van der Waals surface area contributed by atoms with Crippen molar-refractivity contribution in [3.05, 3.63) is 58.9 Å². The molecule has 0 unspecified atom stereocenters. The van der Waals surface area contributed by atoms with E-state index >= 15 is 0 Å². The van der Waals surface area contributed by atoms with Crippen molar-refractivity contribution in [3.63, 3.8) is 0 Å². The molecule has 0 fully saturated rings. The molecule has 0 saturated heterocycles. The van der Waals surface area contributed by atoms with Gasteiger partial charge in [0, 0.05) is 38.1 Å². The van der Waals surface area contributed by atoms with Crippen LogP contribution in [0.15, 0.2) is 47.8 Å². The third kappa shape index (κ3) is 8.44. The lowest BCUT2D eigenvalue weighted by Crippen LogP contribution is -2.24. The lowest BCUT2D eigenvalue weighted by molar-refractivity contribution is -0.137. The Labute approximate surface area is 241 Å². The summed E-state index contributed by atoms with van der Waals surface area (Å²) in [5.74, 6) is -0.697. The number of halogens is 3. The predicted molar refractivity (Wildman–Crippen MR) is 150 cm³/mol. The second-order valence-electron chi connectivity index (χ2n) is 8.89. The lowest BCUT2D eigenvalue weighted by atomic mass is 10.1. The number of rotatable bonds is 15. The van der Waals surface area contributed by atoms with E-state index < -0.39 is 25.2 Å². The maximum atomic E-state index is 13.8. The normalized spacial score (nSPS) is 14.2. The number of hydrogen-bond donors (Lipinski definition) is 3. The van der Waals surface area contributed by atoms with Gasteiger partial charge < -0.3 is 29.3 Å². The van der Waals surface area contributed by atoms with E-state index in [2.05, 4.69) is 26.1 Å². The van der Waals surface area contributed by atoms with Crippen LogP contribution in [0.3, 0.4) is 0 Å². The molecule has 42 heavy (non-hydrogen) atoms. The number of carbonyl (C=O) groups excluding carboxylic acids is 1. The minimum absolute atomic E-state index is 0.00135. The number of ether oxygens (including phenoxy) is 1. The highest BCUT2D eigenvalue weighted by Gasteiger charge is 2.36. The highest BCUT2D eigenvalue weighted by Crippen LogP contribution is 2.51.